The fourth-order valence-electron chi connectivity index (χ4n) is 1.22. The maximum absolute atomic E-state index is 11.4. The Labute approximate surface area is 110 Å². The van der Waals surface area contributed by atoms with Crippen molar-refractivity contribution < 1.29 is 14.4 Å². The van der Waals surface area contributed by atoms with Crippen molar-refractivity contribution in [3.8, 4) is 0 Å². The summed E-state index contributed by atoms with van der Waals surface area (Å²) in [5, 5.41) is 0. The Kier molecular flexibility index (Phi) is 5.67. The van der Waals surface area contributed by atoms with Gasteiger partial charge in [0.15, 0.2) is 6.61 Å². The van der Waals surface area contributed by atoms with Crippen LogP contribution in [0.2, 0.25) is 0 Å². The lowest BCUT2D eigenvalue weighted by Gasteiger charge is -2.07. The van der Waals surface area contributed by atoms with E-state index in [0.29, 0.717) is 0 Å². The number of hydroxylamine groups is 1. The first-order valence-corrected chi connectivity index (χ1v) is 6.36. The van der Waals surface area contributed by atoms with Crippen molar-refractivity contribution in [3.05, 3.63) is 29.3 Å². The van der Waals surface area contributed by atoms with Gasteiger partial charge in [0.25, 0.3) is 5.91 Å². The number of thioether (sulfide) groups is 1. The highest BCUT2D eigenvalue weighted by Crippen LogP contribution is 2.23. The van der Waals surface area contributed by atoms with Gasteiger partial charge in [-0.2, -0.15) is 0 Å². The van der Waals surface area contributed by atoms with Gasteiger partial charge in [0.2, 0.25) is 5.91 Å². The minimum absolute atomic E-state index is 0.225. The van der Waals surface area contributed by atoms with Crippen molar-refractivity contribution in [1.29, 1.82) is 0 Å². The van der Waals surface area contributed by atoms with E-state index in [1.807, 2.05) is 32.0 Å². The minimum atomic E-state index is -0.627. The number of hydrogen-bond acceptors (Lipinski definition) is 4. The van der Waals surface area contributed by atoms with E-state index in [4.69, 9.17) is 5.73 Å². The summed E-state index contributed by atoms with van der Waals surface area (Å²) in [4.78, 5) is 27.4. The maximum Gasteiger partial charge on any atom is 0.253 e. The zero-order valence-electron chi connectivity index (χ0n) is 10.4. The van der Waals surface area contributed by atoms with Crippen LogP contribution in [0.3, 0.4) is 0 Å². The molecule has 0 fully saturated rings. The quantitative estimate of drug-likeness (QED) is 0.594. The minimum Gasteiger partial charge on any atom is -0.368 e. The van der Waals surface area contributed by atoms with Crippen LogP contribution in [-0.4, -0.2) is 24.2 Å². The van der Waals surface area contributed by atoms with Crippen molar-refractivity contribution in [2.75, 3.05) is 12.4 Å². The van der Waals surface area contributed by atoms with E-state index >= 15 is 0 Å². The first-order chi connectivity index (χ1) is 8.49. The van der Waals surface area contributed by atoms with Crippen LogP contribution in [0.4, 0.5) is 0 Å². The fraction of sp³-hybridized carbons (Fsp3) is 0.333. The predicted molar refractivity (Wildman–Crippen MR) is 69.9 cm³/mol. The number of carbonyl (C=O) groups excluding carboxylic acids is 2. The SMILES string of the molecule is Cc1ccc(C)c(SCC(=O)NOCC(N)=O)c1. The summed E-state index contributed by atoms with van der Waals surface area (Å²) >= 11 is 1.42. The second kappa shape index (κ2) is 7.03. The smallest absolute Gasteiger partial charge is 0.253 e. The lowest BCUT2D eigenvalue weighted by atomic mass is 10.2. The summed E-state index contributed by atoms with van der Waals surface area (Å²) < 4.78 is 0. The van der Waals surface area contributed by atoms with Crippen molar-refractivity contribution >= 4 is 23.6 Å². The lowest BCUT2D eigenvalue weighted by Crippen LogP contribution is -2.30. The Hall–Kier alpha value is -1.53. The van der Waals surface area contributed by atoms with Crippen LogP contribution in [0.25, 0.3) is 0 Å². The molecule has 98 valence electrons. The molecule has 0 aliphatic rings. The molecule has 3 N–H and O–H groups in total. The van der Waals surface area contributed by atoms with E-state index in [-0.39, 0.29) is 18.3 Å². The second-order valence-electron chi connectivity index (χ2n) is 3.84. The highest BCUT2D eigenvalue weighted by Gasteiger charge is 2.05. The molecular formula is C12H16N2O3S. The maximum atomic E-state index is 11.4. The first kappa shape index (κ1) is 14.5. The Morgan fingerprint density at radius 2 is 2.11 bits per heavy atom. The van der Waals surface area contributed by atoms with Crippen LogP contribution >= 0.6 is 11.8 Å². The average molecular weight is 268 g/mol. The Balaban J connectivity index is 2.38. The largest absolute Gasteiger partial charge is 0.368 e. The van der Waals surface area contributed by atoms with Crippen molar-refractivity contribution in [2.24, 2.45) is 5.73 Å². The van der Waals surface area contributed by atoms with E-state index in [1.54, 1.807) is 0 Å². The molecule has 0 aliphatic carbocycles. The number of carbonyl (C=O) groups is 2. The third-order valence-electron chi connectivity index (χ3n) is 2.10. The summed E-state index contributed by atoms with van der Waals surface area (Å²) in [6, 6.07) is 6.06. The van der Waals surface area contributed by atoms with Crippen LogP contribution in [0.15, 0.2) is 23.1 Å². The van der Waals surface area contributed by atoms with E-state index < -0.39 is 5.91 Å². The number of benzene rings is 1. The third kappa shape index (κ3) is 5.20. The zero-order valence-corrected chi connectivity index (χ0v) is 11.2. The molecular weight excluding hydrogens is 252 g/mol. The molecule has 0 saturated heterocycles. The van der Waals surface area contributed by atoms with Gasteiger partial charge in [0, 0.05) is 4.90 Å². The molecule has 0 spiro atoms. The number of primary amides is 1. The normalized spacial score (nSPS) is 10.1. The topological polar surface area (TPSA) is 81.4 Å². The van der Waals surface area contributed by atoms with Crippen LogP contribution in [0.1, 0.15) is 11.1 Å². The summed E-state index contributed by atoms with van der Waals surface area (Å²) in [6.45, 7) is 3.67. The van der Waals surface area contributed by atoms with Crippen molar-refractivity contribution in [1.82, 2.24) is 5.48 Å². The molecule has 0 aromatic heterocycles. The summed E-state index contributed by atoms with van der Waals surface area (Å²) in [5.74, 6) is -0.706. The standard InChI is InChI=1S/C12H16N2O3S/c1-8-3-4-9(2)10(5-8)18-7-12(16)14-17-6-11(13)15/h3-5H,6-7H2,1-2H3,(H2,13,15)(H,14,16). The predicted octanol–water partition coefficient (Wildman–Crippen LogP) is 0.929. The van der Waals surface area contributed by atoms with E-state index in [2.05, 4.69) is 10.3 Å². The Bertz CT molecular complexity index is 449. The number of amides is 2. The molecule has 5 nitrogen and oxygen atoms in total. The molecule has 0 atom stereocenters. The second-order valence-corrected chi connectivity index (χ2v) is 4.86. The average Bonchev–Trinajstić information content (AvgIpc) is 2.30. The van der Waals surface area contributed by atoms with Gasteiger partial charge in [-0.05, 0) is 25.5 Å². The molecule has 0 bridgehead atoms. The fourth-order valence-corrected chi connectivity index (χ4v) is 2.13. The Morgan fingerprint density at radius 3 is 2.78 bits per heavy atom. The van der Waals surface area contributed by atoms with E-state index in [0.717, 1.165) is 16.0 Å². The van der Waals surface area contributed by atoms with Gasteiger partial charge in [-0.1, -0.05) is 17.7 Å². The van der Waals surface area contributed by atoms with Gasteiger partial charge in [-0.15, -0.1) is 11.8 Å². The van der Waals surface area contributed by atoms with Crippen LogP contribution in [-0.2, 0) is 14.4 Å². The molecule has 18 heavy (non-hydrogen) atoms. The van der Waals surface area contributed by atoms with Crippen molar-refractivity contribution in [2.45, 2.75) is 18.7 Å². The highest BCUT2D eigenvalue weighted by atomic mass is 32.2. The molecule has 0 saturated carbocycles. The van der Waals surface area contributed by atoms with Crippen molar-refractivity contribution in [3.63, 3.8) is 0 Å². The monoisotopic (exact) mass is 268 g/mol. The molecule has 6 heteroatoms. The van der Waals surface area contributed by atoms with Crippen LogP contribution < -0.4 is 11.2 Å². The summed E-state index contributed by atoms with van der Waals surface area (Å²) in [5.41, 5.74) is 9.29. The van der Waals surface area contributed by atoms with Gasteiger partial charge < -0.3 is 5.73 Å². The summed E-state index contributed by atoms with van der Waals surface area (Å²) in [7, 11) is 0. The number of nitrogens with two attached hydrogens (primary N) is 1. The highest BCUT2D eigenvalue weighted by molar-refractivity contribution is 8.00. The number of nitrogens with one attached hydrogen (secondary N) is 1. The molecule has 2 amide bonds. The van der Waals surface area contributed by atoms with E-state index in [1.165, 1.54) is 11.8 Å². The number of hydrogen-bond donors (Lipinski definition) is 2. The Morgan fingerprint density at radius 1 is 1.39 bits per heavy atom. The molecule has 1 aromatic carbocycles. The molecule has 0 heterocycles. The van der Waals surface area contributed by atoms with Gasteiger partial charge >= 0.3 is 0 Å². The molecule has 0 aliphatic heterocycles. The van der Waals surface area contributed by atoms with Gasteiger partial charge in [0.05, 0.1) is 5.75 Å². The zero-order chi connectivity index (χ0) is 13.5. The number of rotatable bonds is 6. The number of aryl methyl sites for hydroxylation is 2. The molecule has 1 aromatic rings. The van der Waals surface area contributed by atoms with Gasteiger partial charge in [-0.25, -0.2) is 5.48 Å². The molecule has 0 unspecified atom stereocenters. The summed E-state index contributed by atoms with van der Waals surface area (Å²) in [6.07, 6.45) is 0. The lowest BCUT2D eigenvalue weighted by molar-refractivity contribution is -0.135. The van der Waals surface area contributed by atoms with Gasteiger partial charge in [0.1, 0.15) is 0 Å². The van der Waals surface area contributed by atoms with Gasteiger partial charge in [-0.3, -0.25) is 14.4 Å². The van der Waals surface area contributed by atoms with Crippen LogP contribution in [0.5, 0.6) is 0 Å². The molecule has 1 rings (SSSR count). The molecule has 0 radical (unpaired) electrons. The van der Waals surface area contributed by atoms with E-state index in [9.17, 15) is 9.59 Å². The third-order valence-corrected chi connectivity index (χ3v) is 3.26. The first-order valence-electron chi connectivity index (χ1n) is 5.38. The van der Waals surface area contributed by atoms with Crippen LogP contribution in [0, 0.1) is 13.8 Å².